The van der Waals surface area contributed by atoms with Gasteiger partial charge >= 0.3 is 0 Å². The quantitative estimate of drug-likeness (QED) is 0.612. The number of amides is 1. The molecule has 0 aliphatic rings. The fourth-order valence-corrected chi connectivity index (χ4v) is 1.04. The van der Waals surface area contributed by atoms with Crippen molar-refractivity contribution in [1.82, 2.24) is 4.98 Å². The van der Waals surface area contributed by atoms with Gasteiger partial charge in [0.25, 0.3) is 0 Å². The topological polar surface area (TPSA) is 56.0 Å². The zero-order valence-electron chi connectivity index (χ0n) is 6.20. The largest absolute Gasteiger partial charge is 0.366 e. The van der Waals surface area contributed by atoms with E-state index in [9.17, 15) is 4.79 Å². The lowest BCUT2D eigenvalue weighted by Crippen LogP contribution is -2.05. The number of carbonyl (C=O) groups is 1. The third kappa shape index (κ3) is 2.84. The maximum absolute atomic E-state index is 10.4. The molecule has 1 aromatic heterocycles. The summed E-state index contributed by atoms with van der Waals surface area (Å²) < 4.78 is 0.731. The lowest BCUT2D eigenvalue weighted by atomic mass is 10.3. The van der Waals surface area contributed by atoms with Gasteiger partial charge < -0.3 is 5.73 Å². The second kappa shape index (κ2) is 4.01. The number of hydrogen-bond acceptors (Lipinski definition) is 2. The molecule has 2 N–H and O–H groups in total. The van der Waals surface area contributed by atoms with Crippen molar-refractivity contribution in [3.63, 3.8) is 0 Å². The molecule has 1 aromatic rings. The summed E-state index contributed by atoms with van der Waals surface area (Å²) in [5.74, 6) is -0.475. The number of carbonyl (C=O) groups excluding carboxylic acids is 1. The Balaban J connectivity index is 2.83. The number of rotatable bonds is 2. The maximum Gasteiger partial charge on any atom is 0.241 e. The molecule has 1 amide bonds. The summed E-state index contributed by atoms with van der Waals surface area (Å²) in [5, 5.41) is 0. The minimum Gasteiger partial charge on any atom is -0.366 e. The molecule has 0 unspecified atom stereocenters. The number of hydrogen-bond donors (Lipinski definition) is 1. The SMILES string of the molecule is NC(=O)C=Cc1cccc(Br)n1. The van der Waals surface area contributed by atoms with E-state index in [0.29, 0.717) is 5.69 Å². The third-order valence-electron chi connectivity index (χ3n) is 1.16. The Morgan fingerprint density at radius 2 is 2.33 bits per heavy atom. The number of nitrogens with zero attached hydrogens (tertiary/aromatic N) is 1. The summed E-state index contributed by atoms with van der Waals surface area (Å²) in [5.41, 5.74) is 5.61. The van der Waals surface area contributed by atoms with Gasteiger partial charge in [0.05, 0.1) is 5.69 Å². The average Bonchev–Trinajstić information content (AvgIpc) is 2.01. The fraction of sp³-hybridized carbons (Fsp3) is 0. The summed E-state index contributed by atoms with van der Waals surface area (Å²) in [4.78, 5) is 14.4. The van der Waals surface area contributed by atoms with Crippen LogP contribution in [0.2, 0.25) is 0 Å². The molecular formula is C8H7BrN2O. The van der Waals surface area contributed by atoms with Crippen LogP contribution in [0.5, 0.6) is 0 Å². The van der Waals surface area contributed by atoms with Crippen LogP contribution in [0.4, 0.5) is 0 Å². The second-order valence-electron chi connectivity index (χ2n) is 2.12. The van der Waals surface area contributed by atoms with Gasteiger partial charge in [-0.05, 0) is 34.1 Å². The molecule has 0 spiro atoms. The van der Waals surface area contributed by atoms with Gasteiger partial charge in [0.1, 0.15) is 4.60 Å². The Bertz CT molecular complexity index is 323. The lowest BCUT2D eigenvalue weighted by molar-refractivity contribution is -0.113. The van der Waals surface area contributed by atoms with Gasteiger partial charge in [-0.25, -0.2) is 4.98 Å². The Morgan fingerprint density at radius 3 is 2.92 bits per heavy atom. The van der Waals surface area contributed by atoms with Crippen molar-refractivity contribution in [1.29, 1.82) is 0 Å². The number of primary amides is 1. The van der Waals surface area contributed by atoms with Crippen LogP contribution in [0.15, 0.2) is 28.9 Å². The van der Waals surface area contributed by atoms with Gasteiger partial charge in [-0.15, -0.1) is 0 Å². The third-order valence-corrected chi connectivity index (χ3v) is 1.60. The normalized spacial score (nSPS) is 10.4. The first-order valence-corrected chi connectivity index (χ1v) is 4.08. The Hall–Kier alpha value is -1.16. The average molecular weight is 227 g/mol. The fourth-order valence-electron chi connectivity index (χ4n) is 0.684. The van der Waals surface area contributed by atoms with Crippen molar-refractivity contribution in [2.45, 2.75) is 0 Å². The van der Waals surface area contributed by atoms with Gasteiger partial charge in [-0.3, -0.25) is 4.79 Å². The minimum atomic E-state index is -0.475. The molecule has 0 saturated heterocycles. The summed E-state index contributed by atoms with van der Waals surface area (Å²) >= 11 is 3.21. The van der Waals surface area contributed by atoms with Crippen molar-refractivity contribution in [2.24, 2.45) is 5.73 Å². The molecule has 3 nitrogen and oxygen atoms in total. The first-order chi connectivity index (χ1) is 5.68. The van der Waals surface area contributed by atoms with Gasteiger partial charge in [-0.2, -0.15) is 0 Å². The minimum absolute atomic E-state index is 0.475. The Kier molecular flexibility index (Phi) is 2.99. The summed E-state index contributed by atoms with van der Waals surface area (Å²) in [6.07, 6.45) is 2.84. The van der Waals surface area contributed by atoms with Crippen molar-refractivity contribution >= 4 is 27.9 Å². The molecule has 0 bridgehead atoms. The van der Waals surface area contributed by atoms with Crippen LogP contribution in [0.25, 0.3) is 6.08 Å². The Labute approximate surface area is 78.4 Å². The molecule has 62 valence electrons. The highest BCUT2D eigenvalue weighted by molar-refractivity contribution is 9.10. The summed E-state index contributed by atoms with van der Waals surface area (Å²) in [6, 6.07) is 5.42. The highest BCUT2D eigenvalue weighted by Crippen LogP contribution is 2.06. The summed E-state index contributed by atoms with van der Waals surface area (Å²) in [7, 11) is 0. The number of aromatic nitrogens is 1. The van der Waals surface area contributed by atoms with E-state index < -0.39 is 5.91 Å². The monoisotopic (exact) mass is 226 g/mol. The molecule has 0 aromatic carbocycles. The van der Waals surface area contributed by atoms with E-state index in [2.05, 4.69) is 20.9 Å². The highest BCUT2D eigenvalue weighted by atomic mass is 79.9. The van der Waals surface area contributed by atoms with E-state index in [-0.39, 0.29) is 0 Å². The van der Waals surface area contributed by atoms with Gasteiger partial charge in [-0.1, -0.05) is 6.07 Å². The van der Waals surface area contributed by atoms with Crippen LogP contribution in [0.1, 0.15) is 5.69 Å². The molecule has 0 atom stereocenters. The molecule has 0 aliphatic heterocycles. The van der Waals surface area contributed by atoms with Crippen LogP contribution < -0.4 is 5.73 Å². The molecule has 0 aliphatic carbocycles. The van der Waals surface area contributed by atoms with E-state index in [1.165, 1.54) is 6.08 Å². The zero-order chi connectivity index (χ0) is 8.97. The zero-order valence-corrected chi connectivity index (χ0v) is 7.78. The molecule has 0 saturated carbocycles. The van der Waals surface area contributed by atoms with E-state index in [1.54, 1.807) is 12.1 Å². The number of nitrogens with two attached hydrogens (primary N) is 1. The first kappa shape index (κ1) is 8.93. The van der Waals surface area contributed by atoms with E-state index in [4.69, 9.17) is 5.73 Å². The molecule has 1 heterocycles. The maximum atomic E-state index is 10.4. The number of pyridine rings is 1. The van der Waals surface area contributed by atoms with Crippen molar-refractivity contribution < 1.29 is 4.79 Å². The lowest BCUT2D eigenvalue weighted by Gasteiger charge is -1.91. The second-order valence-corrected chi connectivity index (χ2v) is 2.93. The van der Waals surface area contributed by atoms with Crippen molar-refractivity contribution in [2.75, 3.05) is 0 Å². The highest BCUT2D eigenvalue weighted by Gasteiger charge is 1.90. The van der Waals surface area contributed by atoms with Crippen LogP contribution >= 0.6 is 15.9 Å². The Morgan fingerprint density at radius 1 is 1.58 bits per heavy atom. The first-order valence-electron chi connectivity index (χ1n) is 3.28. The van der Waals surface area contributed by atoms with E-state index >= 15 is 0 Å². The molecule has 4 heteroatoms. The van der Waals surface area contributed by atoms with Crippen LogP contribution in [0.3, 0.4) is 0 Å². The molecule has 12 heavy (non-hydrogen) atoms. The van der Waals surface area contributed by atoms with Crippen LogP contribution in [-0.2, 0) is 4.79 Å². The molecule has 0 radical (unpaired) electrons. The predicted octanol–water partition coefficient (Wildman–Crippen LogP) is 1.34. The predicted molar refractivity (Wildman–Crippen MR) is 50.2 cm³/mol. The molecular weight excluding hydrogens is 220 g/mol. The van der Waals surface area contributed by atoms with E-state index in [1.807, 2.05) is 12.1 Å². The van der Waals surface area contributed by atoms with Crippen LogP contribution in [-0.4, -0.2) is 10.9 Å². The van der Waals surface area contributed by atoms with Crippen LogP contribution in [0, 0.1) is 0 Å². The molecule has 1 rings (SSSR count). The smallest absolute Gasteiger partial charge is 0.241 e. The molecule has 0 fully saturated rings. The number of halogens is 1. The summed E-state index contributed by atoms with van der Waals surface area (Å²) in [6.45, 7) is 0. The standard InChI is InChI=1S/C8H7BrN2O/c9-7-3-1-2-6(11-7)4-5-8(10)12/h1-5H,(H2,10,12). The van der Waals surface area contributed by atoms with Gasteiger partial charge in [0.15, 0.2) is 0 Å². The van der Waals surface area contributed by atoms with Gasteiger partial charge in [0, 0.05) is 6.08 Å². The van der Waals surface area contributed by atoms with Crippen molar-refractivity contribution in [3.05, 3.63) is 34.6 Å². The van der Waals surface area contributed by atoms with Gasteiger partial charge in [0.2, 0.25) is 5.91 Å². The van der Waals surface area contributed by atoms with E-state index in [0.717, 1.165) is 4.60 Å². The van der Waals surface area contributed by atoms with Crippen molar-refractivity contribution in [3.8, 4) is 0 Å².